The molecule has 29 heavy (non-hydrogen) atoms. The molecule has 154 valence electrons. The molecule has 3 rings (SSSR count). The van der Waals surface area contributed by atoms with Crippen molar-refractivity contribution < 1.29 is 14.3 Å². The van der Waals surface area contributed by atoms with E-state index in [0.29, 0.717) is 5.69 Å². The van der Waals surface area contributed by atoms with Gasteiger partial charge in [0, 0.05) is 29.4 Å². The second-order valence-corrected chi connectivity index (χ2v) is 8.39. The molecule has 1 heterocycles. The maximum Gasteiger partial charge on any atom is 0.316 e. The van der Waals surface area contributed by atoms with Gasteiger partial charge in [-0.15, -0.1) is 11.8 Å². The minimum absolute atomic E-state index is 0.181. The summed E-state index contributed by atoms with van der Waals surface area (Å²) in [6, 6.07) is 13.9. The summed E-state index contributed by atoms with van der Waals surface area (Å²) in [5.41, 5.74) is 4.29. The van der Waals surface area contributed by atoms with Gasteiger partial charge in [0.2, 0.25) is 0 Å². The molecule has 1 saturated heterocycles. The molecule has 1 aliphatic rings. The van der Waals surface area contributed by atoms with Crippen LogP contribution in [0.5, 0.6) is 0 Å². The molecular formula is C23H28N2O3S. The monoisotopic (exact) mass is 412 g/mol. The van der Waals surface area contributed by atoms with Crippen molar-refractivity contribution in [3.63, 3.8) is 0 Å². The van der Waals surface area contributed by atoms with Crippen molar-refractivity contribution in [2.75, 3.05) is 35.7 Å². The predicted molar refractivity (Wildman–Crippen MR) is 119 cm³/mol. The molecule has 5 nitrogen and oxygen atoms in total. The van der Waals surface area contributed by atoms with Crippen molar-refractivity contribution in [2.45, 2.75) is 38.0 Å². The fourth-order valence-electron chi connectivity index (χ4n) is 3.24. The average molecular weight is 413 g/mol. The van der Waals surface area contributed by atoms with Crippen LogP contribution in [-0.2, 0) is 14.3 Å². The van der Waals surface area contributed by atoms with Crippen LogP contribution in [-0.4, -0.2) is 37.3 Å². The minimum Gasteiger partial charge on any atom is -0.455 e. The van der Waals surface area contributed by atoms with Crippen LogP contribution >= 0.6 is 11.8 Å². The van der Waals surface area contributed by atoms with Crippen LogP contribution in [0.2, 0.25) is 0 Å². The number of rotatable bonds is 7. The van der Waals surface area contributed by atoms with Gasteiger partial charge in [-0.1, -0.05) is 6.07 Å². The molecular weight excluding hydrogens is 384 g/mol. The highest BCUT2D eigenvalue weighted by molar-refractivity contribution is 8.00. The van der Waals surface area contributed by atoms with Crippen LogP contribution in [0.3, 0.4) is 0 Å². The summed E-state index contributed by atoms with van der Waals surface area (Å²) in [7, 11) is 0. The van der Waals surface area contributed by atoms with Crippen molar-refractivity contribution in [2.24, 2.45) is 0 Å². The molecule has 0 atom stereocenters. The Kier molecular flexibility index (Phi) is 7.58. The first-order valence-corrected chi connectivity index (χ1v) is 11.0. The van der Waals surface area contributed by atoms with Crippen molar-refractivity contribution in [1.82, 2.24) is 0 Å². The largest absolute Gasteiger partial charge is 0.455 e. The number of esters is 1. The first-order valence-electron chi connectivity index (χ1n) is 10.0. The zero-order valence-corrected chi connectivity index (χ0v) is 17.9. The molecule has 1 fully saturated rings. The van der Waals surface area contributed by atoms with Gasteiger partial charge in [-0.05, 0) is 80.6 Å². The maximum atomic E-state index is 12.1. The third-order valence-electron chi connectivity index (χ3n) is 5.07. The van der Waals surface area contributed by atoms with Crippen LogP contribution in [0.15, 0.2) is 47.4 Å². The van der Waals surface area contributed by atoms with Gasteiger partial charge in [0.25, 0.3) is 5.91 Å². The number of ether oxygens (including phenoxy) is 1. The summed E-state index contributed by atoms with van der Waals surface area (Å²) in [4.78, 5) is 27.4. The lowest BCUT2D eigenvalue weighted by molar-refractivity contribution is -0.144. The lowest BCUT2D eigenvalue weighted by Crippen LogP contribution is -2.29. The van der Waals surface area contributed by atoms with Crippen LogP contribution in [0.1, 0.15) is 30.4 Å². The second-order valence-electron chi connectivity index (χ2n) is 7.34. The van der Waals surface area contributed by atoms with Crippen LogP contribution in [0.4, 0.5) is 11.4 Å². The third kappa shape index (κ3) is 6.53. The van der Waals surface area contributed by atoms with E-state index < -0.39 is 5.97 Å². The van der Waals surface area contributed by atoms with E-state index in [0.717, 1.165) is 18.0 Å². The molecule has 1 aliphatic heterocycles. The first kappa shape index (κ1) is 21.2. The van der Waals surface area contributed by atoms with Gasteiger partial charge >= 0.3 is 5.97 Å². The number of carbonyl (C=O) groups is 2. The number of thioether (sulfide) groups is 1. The second kappa shape index (κ2) is 10.3. The number of nitrogens with one attached hydrogen (secondary N) is 1. The van der Waals surface area contributed by atoms with E-state index in [9.17, 15) is 9.59 Å². The number of hydrogen-bond donors (Lipinski definition) is 1. The lowest BCUT2D eigenvalue weighted by atomic mass is 10.1. The smallest absolute Gasteiger partial charge is 0.316 e. The Morgan fingerprint density at radius 2 is 1.72 bits per heavy atom. The van der Waals surface area contributed by atoms with Crippen LogP contribution in [0.25, 0.3) is 0 Å². The molecule has 2 aromatic carbocycles. The average Bonchev–Trinajstić information content (AvgIpc) is 2.74. The van der Waals surface area contributed by atoms with Crippen molar-refractivity contribution in [1.29, 1.82) is 0 Å². The number of nitrogens with zero attached hydrogens (tertiary/aromatic N) is 1. The molecule has 0 radical (unpaired) electrons. The summed E-state index contributed by atoms with van der Waals surface area (Å²) >= 11 is 1.41. The number of aryl methyl sites for hydroxylation is 2. The van der Waals surface area contributed by atoms with Gasteiger partial charge in [-0.3, -0.25) is 9.59 Å². The zero-order valence-electron chi connectivity index (χ0n) is 17.1. The van der Waals surface area contributed by atoms with Gasteiger partial charge in [-0.2, -0.15) is 0 Å². The summed E-state index contributed by atoms with van der Waals surface area (Å²) in [5, 5.41) is 2.77. The van der Waals surface area contributed by atoms with E-state index in [-0.39, 0.29) is 18.3 Å². The van der Waals surface area contributed by atoms with Crippen LogP contribution < -0.4 is 10.2 Å². The fraction of sp³-hybridized carbons (Fsp3) is 0.391. The molecule has 1 N–H and O–H groups in total. The summed E-state index contributed by atoms with van der Waals surface area (Å²) in [6.07, 6.45) is 3.75. The summed E-state index contributed by atoms with van der Waals surface area (Å²) in [6.45, 7) is 5.99. The Bertz CT molecular complexity index is 846. The highest BCUT2D eigenvalue weighted by Crippen LogP contribution is 2.22. The van der Waals surface area contributed by atoms with Gasteiger partial charge in [0.15, 0.2) is 6.61 Å². The molecule has 0 unspecified atom stereocenters. The quantitative estimate of drug-likeness (QED) is 0.533. The highest BCUT2D eigenvalue weighted by Gasteiger charge is 2.12. The van der Waals surface area contributed by atoms with E-state index in [4.69, 9.17) is 4.74 Å². The number of carbonyl (C=O) groups excluding carboxylic acids is 2. The van der Waals surface area contributed by atoms with Gasteiger partial charge in [0.1, 0.15) is 0 Å². The Labute approximate surface area is 176 Å². The standard InChI is InChI=1S/C23H28N2O3S/c1-17-6-11-21(14-18(17)2)29-16-23(27)28-15-22(26)24-19-7-9-20(10-8-19)25-12-4-3-5-13-25/h6-11,14H,3-5,12-13,15-16H2,1-2H3,(H,24,26). The van der Waals surface area contributed by atoms with Crippen molar-refractivity contribution in [3.05, 3.63) is 53.6 Å². The van der Waals surface area contributed by atoms with E-state index in [2.05, 4.69) is 17.1 Å². The van der Waals surface area contributed by atoms with E-state index in [1.165, 1.54) is 47.8 Å². The number of amides is 1. The predicted octanol–water partition coefficient (Wildman–Crippen LogP) is 4.57. The van der Waals surface area contributed by atoms with E-state index in [1.54, 1.807) is 0 Å². The lowest BCUT2D eigenvalue weighted by Gasteiger charge is -2.28. The molecule has 0 spiro atoms. The van der Waals surface area contributed by atoms with Gasteiger partial charge < -0.3 is 15.0 Å². The van der Waals surface area contributed by atoms with Crippen LogP contribution in [0, 0.1) is 13.8 Å². The zero-order chi connectivity index (χ0) is 20.6. The maximum absolute atomic E-state index is 12.1. The minimum atomic E-state index is -0.399. The Morgan fingerprint density at radius 1 is 1.00 bits per heavy atom. The summed E-state index contributed by atoms with van der Waals surface area (Å²) in [5.74, 6) is -0.551. The van der Waals surface area contributed by atoms with Crippen molar-refractivity contribution in [3.8, 4) is 0 Å². The topological polar surface area (TPSA) is 58.6 Å². The van der Waals surface area contributed by atoms with Gasteiger partial charge in [-0.25, -0.2) is 0 Å². The van der Waals surface area contributed by atoms with Gasteiger partial charge in [0.05, 0.1) is 5.75 Å². The Hall–Kier alpha value is -2.47. The molecule has 0 saturated carbocycles. The third-order valence-corrected chi connectivity index (χ3v) is 6.04. The Balaban J connectivity index is 1.39. The molecule has 0 bridgehead atoms. The molecule has 0 aliphatic carbocycles. The molecule has 1 amide bonds. The number of benzene rings is 2. The first-order chi connectivity index (χ1) is 14.0. The summed E-state index contributed by atoms with van der Waals surface area (Å²) < 4.78 is 5.09. The number of hydrogen-bond acceptors (Lipinski definition) is 5. The Morgan fingerprint density at radius 3 is 2.41 bits per heavy atom. The van der Waals surface area contributed by atoms with E-state index >= 15 is 0 Å². The SMILES string of the molecule is Cc1ccc(SCC(=O)OCC(=O)Nc2ccc(N3CCCCC3)cc2)cc1C. The number of anilines is 2. The molecule has 0 aromatic heterocycles. The number of piperidine rings is 1. The molecule has 2 aromatic rings. The molecule has 6 heteroatoms. The van der Waals surface area contributed by atoms with E-state index in [1.807, 2.05) is 49.4 Å². The highest BCUT2D eigenvalue weighted by atomic mass is 32.2. The normalized spacial score (nSPS) is 13.8. The van der Waals surface area contributed by atoms with Crippen molar-refractivity contribution >= 4 is 35.0 Å². The fourth-order valence-corrected chi connectivity index (χ4v) is 4.03.